The molecular weight excluding hydrogens is 417 g/mol. The summed E-state index contributed by atoms with van der Waals surface area (Å²) in [7, 11) is -0.396. The number of nitrogens with two attached hydrogens (primary N) is 1. The molecule has 2 fully saturated rings. The number of hydrogen-bond acceptors (Lipinski definition) is 2. The Labute approximate surface area is 194 Å². The molecule has 2 aromatic carbocycles. The molecule has 5 atom stereocenters. The predicted octanol–water partition coefficient (Wildman–Crippen LogP) is 4.41. The van der Waals surface area contributed by atoms with Crippen molar-refractivity contribution in [2.75, 3.05) is 0 Å². The van der Waals surface area contributed by atoms with Gasteiger partial charge in [0.2, 0.25) is 0 Å². The number of hydrogen-bond donors (Lipinski definition) is 3. The van der Waals surface area contributed by atoms with Crippen molar-refractivity contribution in [3.05, 3.63) is 60.7 Å². The van der Waals surface area contributed by atoms with Gasteiger partial charge in [-0.1, -0.05) is 79.9 Å². The summed E-state index contributed by atoms with van der Waals surface area (Å²) in [6, 6.07) is 23.2. The predicted molar refractivity (Wildman–Crippen MR) is 139 cm³/mol. The van der Waals surface area contributed by atoms with E-state index in [9.17, 15) is 0 Å². The molecule has 2 unspecified atom stereocenters. The average Bonchev–Trinajstić information content (AvgIpc) is 3.26. The van der Waals surface area contributed by atoms with Gasteiger partial charge in [-0.05, 0) is 74.9 Å². The summed E-state index contributed by atoms with van der Waals surface area (Å²) in [6.45, 7) is 2.32. The van der Waals surface area contributed by atoms with Gasteiger partial charge in [0.15, 0.2) is 5.11 Å². The zero-order chi connectivity index (χ0) is 21.6. The van der Waals surface area contributed by atoms with Gasteiger partial charge < -0.3 is 16.4 Å². The zero-order valence-corrected chi connectivity index (χ0v) is 20.3. The molecule has 5 heteroatoms. The molecule has 166 valence electrons. The molecule has 0 bridgehead atoms. The third-order valence-electron chi connectivity index (χ3n) is 7.07. The number of rotatable bonds is 6. The molecule has 0 aliphatic heterocycles. The van der Waals surface area contributed by atoms with E-state index < -0.39 is 7.92 Å². The molecule has 0 heterocycles. The quantitative estimate of drug-likeness (QED) is 0.448. The van der Waals surface area contributed by atoms with E-state index in [1.165, 1.54) is 42.7 Å². The van der Waals surface area contributed by atoms with Crippen molar-refractivity contribution in [2.24, 2.45) is 11.7 Å². The lowest BCUT2D eigenvalue weighted by Gasteiger charge is -2.35. The maximum absolute atomic E-state index is 6.32. The largest absolute Gasteiger partial charge is 0.360 e. The van der Waals surface area contributed by atoms with E-state index in [0.717, 1.165) is 18.0 Å². The highest BCUT2D eigenvalue weighted by molar-refractivity contribution is 7.80. The van der Waals surface area contributed by atoms with Gasteiger partial charge in [0.05, 0.1) is 0 Å². The minimum absolute atomic E-state index is 0.215. The van der Waals surface area contributed by atoms with Crippen molar-refractivity contribution >= 4 is 35.9 Å². The molecule has 2 aliphatic rings. The van der Waals surface area contributed by atoms with E-state index in [4.69, 9.17) is 18.0 Å². The maximum Gasteiger partial charge on any atom is 0.166 e. The summed E-state index contributed by atoms with van der Waals surface area (Å²) in [5, 5.41) is 10.9. The second kappa shape index (κ2) is 10.9. The lowest BCUT2D eigenvalue weighted by atomic mass is 9.91. The average molecular weight is 454 g/mol. The second-order valence-corrected chi connectivity index (χ2v) is 12.0. The van der Waals surface area contributed by atoms with E-state index in [0.29, 0.717) is 23.7 Å². The van der Waals surface area contributed by atoms with E-state index in [1.54, 1.807) is 0 Å². The highest BCUT2D eigenvalue weighted by atomic mass is 32.1. The first-order valence-corrected chi connectivity index (χ1v) is 13.7. The van der Waals surface area contributed by atoms with Crippen LogP contribution in [0.4, 0.5) is 0 Å². The summed E-state index contributed by atoms with van der Waals surface area (Å²) in [6.07, 6.45) is 8.56. The Kier molecular flexibility index (Phi) is 7.98. The van der Waals surface area contributed by atoms with Gasteiger partial charge in [0.25, 0.3) is 0 Å². The van der Waals surface area contributed by atoms with Gasteiger partial charge in [-0.2, -0.15) is 0 Å². The van der Waals surface area contributed by atoms with Crippen LogP contribution in [0.1, 0.15) is 51.9 Å². The standard InChI is InChI=1S/C26H36N3PS/c1-19(28-26(31)29-24-17-9-8-16-23(24)27)22-15-10-18-25(22)30(20-11-4-2-5-12-20)21-13-6-3-7-14-21/h2-7,11-14,19,22-25H,8-10,15-18,27H2,1H3,(H2,28,29,31)/t19-,22?,23+,24+,25?/m1/s1. The highest BCUT2D eigenvalue weighted by Crippen LogP contribution is 2.50. The Bertz CT molecular complexity index is 792. The van der Waals surface area contributed by atoms with Crippen molar-refractivity contribution in [1.82, 2.24) is 10.6 Å². The molecule has 0 spiro atoms. The third kappa shape index (κ3) is 5.66. The van der Waals surface area contributed by atoms with Crippen LogP contribution in [0, 0.1) is 5.92 Å². The van der Waals surface area contributed by atoms with Crippen LogP contribution in [0.3, 0.4) is 0 Å². The van der Waals surface area contributed by atoms with Crippen LogP contribution < -0.4 is 27.0 Å². The van der Waals surface area contributed by atoms with Crippen LogP contribution in [0.15, 0.2) is 60.7 Å². The Hall–Kier alpha value is -1.48. The lowest BCUT2D eigenvalue weighted by molar-refractivity contribution is 0.355. The highest BCUT2D eigenvalue weighted by Gasteiger charge is 2.38. The van der Waals surface area contributed by atoms with Crippen LogP contribution in [-0.4, -0.2) is 28.9 Å². The molecule has 3 nitrogen and oxygen atoms in total. The van der Waals surface area contributed by atoms with Crippen LogP contribution >= 0.6 is 20.1 Å². The fraction of sp³-hybridized carbons (Fsp3) is 0.500. The normalized spacial score (nSPS) is 27.1. The smallest absolute Gasteiger partial charge is 0.166 e. The van der Waals surface area contributed by atoms with E-state index >= 15 is 0 Å². The number of nitrogens with one attached hydrogen (secondary N) is 2. The van der Waals surface area contributed by atoms with Gasteiger partial charge in [-0.3, -0.25) is 0 Å². The van der Waals surface area contributed by atoms with E-state index in [-0.39, 0.29) is 6.04 Å². The molecule has 0 saturated heterocycles. The Balaban J connectivity index is 1.48. The molecule has 4 N–H and O–H groups in total. The zero-order valence-electron chi connectivity index (χ0n) is 18.5. The van der Waals surface area contributed by atoms with Crippen LogP contribution in [0.5, 0.6) is 0 Å². The van der Waals surface area contributed by atoms with Gasteiger partial charge in [-0.25, -0.2) is 0 Å². The van der Waals surface area contributed by atoms with Crippen LogP contribution in [0.25, 0.3) is 0 Å². The molecular formula is C26H36N3PS. The van der Waals surface area contributed by atoms with Crippen molar-refractivity contribution in [3.63, 3.8) is 0 Å². The first-order valence-electron chi connectivity index (χ1n) is 11.9. The molecule has 0 aromatic heterocycles. The van der Waals surface area contributed by atoms with Crippen molar-refractivity contribution in [2.45, 2.75) is 75.7 Å². The van der Waals surface area contributed by atoms with Gasteiger partial charge in [-0.15, -0.1) is 0 Å². The summed E-state index contributed by atoms with van der Waals surface area (Å²) in [4.78, 5) is 0. The summed E-state index contributed by atoms with van der Waals surface area (Å²) < 4.78 is 0. The third-order valence-corrected chi connectivity index (χ3v) is 10.3. The van der Waals surface area contributed by atoms with E-state index in [1.807, 2.05) is 0 Å². The van der Waals surface area contributed by atoms with Crippen LogP contribution in [0.2, 0.25) is 0 Å². The molecule has 0 amide bonds. The minimum Gasteiger partial charge on any atom is -0.360 e. The first kappa shape index (κ1) is 22.7. The molecule has 4 rings (SSSR count). The minimum atomic E-state index is -0.396. The fourth-order valence-corrected chi connectivity index (χ4v) is 9.06. The van der Waals surface area contributed by atoms with Crippen molar-refractivity contribution < 1.29 is 0 Å². The monoisotopic (exact) mass is 453 g/mol. The SMILES string of the molecule is C[C@@H](NC(=S)N[C@H]1CCCC[C@@H]1N)C1CCCC1P(c1ccccc1)c1ccccc1. The van der Waals surface area contributed by atoms with Crippen molar-refractivity contribution in [1.29, 1.82) is 0 Å². The number of thiocarbonyl (C=S) groups is 1. The first-order chi connectivity index (χ1) is 15.1. The van der Waals surface area contributed by atoms with Gasteiger partial charge in [0, 0.05) is 18.1 Å². The number of benzene rings is 2. The summed E-state index contributed by atoms with van der Waals surface area (Å²) in [5.74, 6) is 0.617. The summed E-state index contributed by atoms with van der Waals surface area (Å²) >= 11 is 5.72. The summed E-state index contributed by atoms with van der Waals surface area (Å²) in [5.41, 5.74) is 6.99. The Morgan fingerprint density at radius 3 is 2.13 bits per heavy atom. The second-order valence-electron chi connectivity index (χ2n) is 9.16. The van der Waals surface area contributed by atoms with Gasteiger partial charge in [0.1, 0.15) is 0 Å². The van der Waals surface area contributed by atoms with Crippen LogP contribution in [-0.2, 0) is 0 Å². The topological polar surface area (TPSA) is 50.1 Å². The molecule has 0 radical (unpaired) electrons. The maximum atomic E-state index is 6.32. The molecule has 2 aliphatic carbocycles. The Morgan fingerprint density at radius 1 is 0.903 bits per heavy atom. The van der Waals surface area contributed by atoms with Gasteiger partial charge >= 0.3 is 0 Å². The lowest BCUT2D eigenvalue weighted by Crippen LogP contribution is -2.54. The molecule has 2 aromatic rings. The Morgan fingerprint density at radius 2 is 1.52 bits per heavy atom. The molecule has 2 saturated carbocycles. The van der Waals surface area contributed by atoms with Crippen molar-refractivity contribution in [3.8, 4) is 0 Å². The van der Waals surface area contributed by atoms with E-state index in [2.05, 4.69) is 78.2 Å². The fourth-order valence-electron chi connectivity index (χ4n) is 5.44. The molecule has 31 heavy (non-hydrogen) atoms.